The second kappa shape index (κ2) is 6.21. The topological polar surface area (TPSA) is 29.1 Å². The number of aryl methyl sites for hydroxylation is 1. The number of carbonyl (C=O) groups is 1. The fraction of sp³-hybridized carbons (Fsp3) is 0.588. The minimum absolute atomic E-state index is 0.223. The quantitative estimate of drug-likeness (QED) is 0.898. The van der Waals surface area contributed by atoms with Crippen molar-refractivity contribution in [3.8, 4) is 0 Å². The smallest absolute Gasteiger partial charge is 0.230 e. The third kappa shape index (κ3) is 3.20. The zero-order valence-electron chi connectivity index (χ0n) is 12.1. The fourth-order valence-corrected chi connectivity index (χ4v) is 4.61. The van der Waals surface area contributed by atoms with Crippen LogP contribution in [0.4, 0.5) is 0 Å². The number of hydrogen-bond donors (Lipinski definition) is 1. The van der Waals surface area contributed by atoms with Crippen LogP contribution in [0, 0.1) is 18.8 Å². The average molecular weight is 289 g/mol. The molecule has 0 heterocycles. The Morgan fingerprint density at radius 2 is 2.15 bits per heavy atom. The molecule has 2 nitrogen and oxygen atoms in total. The molecule has 0 aromatic heterocycles. The lowest BCUT2D eigenvalue weighted by Crippen LogP contribution is -2.39. The van der Waals surface area contributed by atoms with Crippen molar-refractivity contribution in [3.63, 3.8) is 0 Å². The lowest BCUT2D eigenvalue weighted by molar-refractivity contribution is -0.119. The summed E-state index contributed by atoms with van der Waals surface area (Å²) in [6, 6.07) is 8.88. The molecule has 1 N–H and O–H groups in total. The van der Waals surface area contributed by atoms with E-state index in [1.807, 2.05) is 0 Å². The van der Waals surface area contributed by atoms with Crippen LogP contribution in [0.25, 0.3) is 0 Å². The van der Waals surface area contributed by atoms with E-state index in [0.29, 0.717) is 11.8 Å². The second-order valence-corrected chi connectivity index (χ2v) is 7.25. The van der Waals surface area contributed by atoms with Gasteiger partial charge in [0.2, 0.25) is 5.91 Å². The van der Waals surface area contributed by atoms with Crippen molar-refractivity contribution in [3.05, 3.63) is 35.4 Å². The third-order valence-electron chi connectivity index (χ3n) is 4.84. The van der Waals surface area contributed by atoms with E-state index >= 15 is 0 Å². The van der Waals surface area contributed by atoms with E-state index in [4.69, 9.17) is 0 Å². The number of fused-ring (bicyclic) bond motifs is 2. The van der Waals surface area contributed by atoms with Crippen LogP contribution in [0.3, 0.4) is 0 Å². The Kier molecular flexibility index (Phi) is 4.35. The molecule has 2 aliphatic carbocycles. The van der Waals surface area contributed by atoms with Crippen molar-refractivity contribution in [1.29, 1.82) is 0 Å². The number of rotatable bonds is 5. The van der Waals surface area contributed by atoms with Gasteiger partial charge in [0.05, 0.1) is 5.75 Å². The molecule has 3 rings (SSSR count). The van der Waals surface area contributed by atoms with Crippen LogP contribution in [0.2, 0.25) is 0 Å². The Bertz CT molecular complexity index is 488. The van der Waals surface area contributed by atoms with Crippen molar-refractivity contribution in [2.24, 2.45) is 11.8 Å². The lowest BCUT2D eigenvalue weighted by atomic mass is 9.95. The molecule has 2 aliphatic rings. The summed E-state index contributed by atoms with van der Waals surface area (Å²) >= 11 is 1.72. The summed E-state index contributed by atoms with van der Waals surface area (Å²) in [6.07, 6.45) is 5.28. The summed E-state index contributed by atoms with van der Waals surface area (Å²) in [5.74, 6) is 3.40. The second-order valence-electron chi connectivity index (χ2n) is 6.27. The predicted octanol–water partition coefficient (Wildman–Crippen LogP) is 3.53. The molecule has 108 valence electrons. The van der Waals surface area contributed by atoms with Crippen molar-refractivity contribution in [2.45, 2.75) is 44.4 Å². The minimum Gasteiger partial charge on any atom is -0.352 e. The van der Waals surface area contributed by atoms with Crippen LogP contribution >= 0.6 is 11.8 Å². The molecule has 0 saturated heterocycles. The molecule has 3 atom stereocenters. The number of carbonyl (C=O) groups excluding carboxylic acids is 1. The van der Waals surface area contributed by atoms with Gasteiger partial charge in [0.25, 0.3) is 0 Å². The van der Waals surface area contributed by atoms with Crippen LogP contribution in [0.5, 0.6) is 0 Å². The van der Waals surface area contributed by atoms with Gasteiger partial charge < -0.3 is 5.32 Å². The molecular weight excluding hydrogens is 266 g/mol. The molecular formula is C17H23NOS. The third-order valence-corrected chi connectivity index (χ3v) is 5.82. The van der Waals surface area contributed by atoms with Crippen molar-refractivity contribution in [2.75, 3.05) is 5.75 Å². The molecule has 20 heavy (non-hydrogen) atoms. The first kappa shape index (κ1) is 14.0. The van der Waals surface area contributed by atoms with Crippen LogP contribution in [0.1, 0.15) is 36.8 Å². The Hall–Kier alpha value is -0.960. The summed E-state index contributed by atoms with van der Waals surface area (Å²) in [7, 11) is 0. The maximum atomic E-state index is 12.0. The summed E-state index contributed by atoms with van der Waals surface area (Å²) < 4.78 is 0. The monoisotopic (exact) mass is 289 g/mol. The van der Waals surface area contributed by atoms with E-state index in [9.17, 15) is 4.79 Å². The van der Waals surface area contributed by atoms with Gasteiger partial charge in [0.1, 0.15) is 0 Å². The first-order valence-corrected chi connectivity index (χ1v) is 8.79. The molecule has 2 saturated carbocycles. The maximum Gasteiger partial charge on any atom is 0.230 e. The SMILES string of the molecule is Cc1ccccc1CSCC(=O)N[C@@H]1C[C@H]2CC[C@H]1C2. The highest BCUT2D eigenvalue weighted by molar-refractivity contribution is 7.99. The van der Waals surface area contributed by atoms with E-state index in [2.05, 4.69) is 36.5 Å². The van der Waals surface area contributed by atoms with Crippen molar-refractivity contribution < 1.29 is 4.79 Å². The molecule has 1 aromatic rings. The number of amides is 1. The van der Waals surface area contributed by atoms with E-state index in [0.717, 1.165) is 17.6 Å². The van der Waals surface area contributed by atoms with Crippen LogP contribution < -0.4 is 5.32 Å². The molecule has 2 bridgehead atoms. The summed E-state index contributed by atoms with van der Waals surface area (Å²) in [4.78, 5) is 12.0. The molecule has 0 aliphatic heterocycles. The Labute approximate surface area is 125 Å². The van der Waals surface area contributed by atoms with Crippen molar-refractivity contribution >= 4 is 17.7 Å². The molecule has 3 heteroatoms. The van der Waals surface area contributed by atoms with Gasteiger partial charge in [0, 0.05) is 11.8 Å². The number of benzene rings is 1. The molecule has 0 unspecified atom stereocenters. The molecule has 1 aromatic carbocycles. The average Bonchev–Trinajstić information content (AvgIpc) is 3.03. The zero-order chi connectivity index (χ0) is 13.9. The van der Waals surface area contributed by atoms with Gasteiger partial charge in [-0.3, -0.25) is 4.79 Å². The van der Waals surface area contributed by atoms with Gasteiger partial charge >= 0.3 is 0 Å². The van der Waals surface area contributed by atoms with Gasteiger partial charge in [-0.05, 0) is 49.1 Å². The Balaban J connectivity index is 1.40. The molecule has 0 radical (unpaired) electrons. The van der Waals surface area contributed by atoms with E-state index in [1.54, 1.807) is 11.8 Å². The van der Waals surface area contributed by atoms with E-state index in [-0.39, 0.29) is 5.91 Å². The first-order valence-electron chi connectivity index (χ1n) is 7.64. The first-order chi connectivity index (χ1) is 9.72. The summed E-state index contributed by atoms with van der Waals surface area (Å²) in [6.45, 7) is 2.13. The zero-order valence-corrected chi connectivity index (χ0v) is 12.9. The molecule has 1 amide bonds. The van der Waals surface area contributed by atoms with Crippen LogP contribution in [-0.4, -0.2) is 17.7 Å². The normalized spacial score (nSPS) is 27.8. The van der Waals surface area contributed by atoms with E-state index < -0.39 is 0 Å². The predicted molar refractivity (Wildman–Crippen MR) is 84.7 cm³/mol. The van der Waals surface area contributed by atoms with Gasteiger partial charge in [-0.25, -0.2) is 0 Å². The highest BCUT2D eigenvalue weighted by Gasteiger charge is 2.39. The van der Waals surface area contributed by atoms with Crippen LogP contribution in [0.15, 0.2) is 24.3 Å². The number of nitrogens with one attached hydrogen (secondary N) is 1. The van der Waals surface area contributed by atoms with Gasteiger partial charge in [-0.15, -0.1) is 11.8 Å². The Morgan fingerprint density at radius 3 is 2.85 bits per heavy atom. The van der Waals surface area contributed by atoms with Crippen molar-refractivity contribution in [1.82, 2.24) is 5.32 Å². The highest BCUT2D eigenvalue weighted by atomic mass is 32.2. The van der Waals surface area contributed by atoms with Gasteiger partial charge in [0.15, 0.2) is 0 Å². The molecule has 2 fully saturated rings. The standard InChI is InChI=1S/C17H23NOS/c1-12-4-2-3-5-15(12)10-20-11-17(19)18-16-9-13-6-7-14(16)8-13/h2-5,13-14,16H,6-11H2,1H3,(H,18,19)/t13-,14-,16+/m0/s1. The number of hydrogen-bond acceptors (Lipinski definition) is 2. The lowest BCUT2D eigenvalue weighted by Gasteiger charge is -2.22. The van der Waals surface area contributed by atoms with E-state index in [1.165, 1.54) is 36.8 Å². The van der Waals surface area contributed by atoms with Crippen LogP contribution in [-0.2, 0) is 10.5 Å². The summed E-state index contributed by atoms with van der Waals surface area (Å²) in [5.41, 5.74) is 2.65. The minimum atomic E-state index is 0.223. The highest BCUT2D eigenvalue weighted by Crippen LogP contribution is 2.44. The largest absolute Gasteiger partial charge is 0.352 e. The summed E-state index contributed by atoms with van der Waals surface area (Å²) in [5, 5.41) is 3.25. The Morgan fingerprint density at radius 1 is 1.30 bits per heavy atom. The fourth-order valence-electron chi connectivity index (χ4n) is 3.70. The maximum absolute atomic E-state index is 12.0. The number of thioether (sulfide) groups is 1. The molecule has 0 spiro atoms. The van der Waals surface area contributed by atoms with Gasteiger partial charge in [-0.1, -0.05) is 30.7 Å². The van der Waals surface area contributed by atoms with Gasteiger partial charge in [-0.2, -0.15) is 0 Å².